The number of nitrogens with one attached hydrogen (secondary N) is 1. The fourth-order valence-electron chi connectivity index (χ4n) is 2.69. The summed E-state index contributed by atoms with van der Waals surface area (Å²) in [7, 11) is 4.00. The molecule has 8 nitrogen and oxygen atoms in total. The van der Waals surface area contributed by atoms with E-state index in [1.165, 1.54) is 6.20 Å². The number of nitrogens with two attached hydrogens (primary N) is 1. The SMILES string of the molecule is CN(C)c1ccc2c(c1)C(NCCN)Cn1ncc(C#N)c1N=N2. The maximum atomic E-state index is 9.20. The Hall–Kier alpha value is -2.76. The van der Waals surface area contributed by atoms with E-state index < -0.39 is 0 Å². The van der Waals surface area contributed by atoms with Gasteiger partial charge < -0.3 is 16.0 Å². The summed E-state index contributed by atoms with van der Waals surface area (Å²) in [6.07, 6.45) is 1.52. The minimum atomic E-state index is -0.0205. The van der Waals surface area contributed by atoms with Gasteiger partial charge in [-0.15, -0.1) is 10.2 Å². The van der Waals surface area contributed by atoms with Gasteiger partial charge in [-0.1, -0.05) is 0 Å². The zero-order valence-electron chi connectivity index (χ0n) is 13.8. The molecular formula is C16H20N8. The zero-order chi connectivity index (χ0) is 17.1. The molecule has 1 unspecified atom stereocenters. The highest BCUT2D eigenvalue weighted by Gasteiger charge is 2.22. The van der Waals surface area contributed by atoms with Crippen molar-refractivity contribution in [2.24, 2.45) is 16.0 Å². The molecule has 1 atom stereocenters. The predicted octanol–water partition coefficient (Wildman–Crippen LogP) is 1.84. The Bertz CT molecular complexity index is 799. The van der Waals surface area contributed by atoms with Gasteiger partial charge in [-0.3, -0.25) is 0 Å². The van der Waals surface area contributed by atoms with Crippen molar-refractivity contribution in [1.29, 1.82) is 5.26 Å². The number of fused-ring (bicyclic) bond motifs is 2. The second-order valence-electron chi connectivity index (χ2n) is 5.81. The summed E-state index contributed by atoms with van der Waals surface area (Å²) in [6, 6.07) is 8.13. The quantitative estimate of drug-likeness (QED) is 0.892. The minimum Gasteiger partial charge on any atom is -0.378 e. The first-order valence-electron chi connectivity index (χ1n) is 7.76. The molecule has 2 aromatic rings. The molecule has 1 aliphatic rings. The monoisotopic (exact) mass is 324 g/mol. The van der Waals surface area contributed by atoms with Crippen molar-refractivity contribution in [3.05, 3.63) is 35.5 Å². The molecule has 124 valence electrons. The molecule has 1 aromatic heterocycles. The Labute approximate surface area is 140 Å². The number of hydrogen-bond acceptors (Lipinski definition) is 7. The van der Waals surface area contributed by atoms with Crippen molar-refractivity contribution in [1.82, 2.24) is 15.1 Å². The van der Waals surface area contributed by atoms with Crippen molar-refractivity contribution in [2.75, 3.05) is 32.1 Å². The number of hydrogen-bond donors (Lipinski definition) is 2. The van der Waals surface area contributed by atoms with Crippen LogP contribution in [0.2, 0.25) is 0 Å². The number of nitrogens with zero attached hydrogens (tertiary/aromatic N) is 6. The fraction of sp³-hybridized carbons (Fsp3) is 0.375. The van der Waals surface area contributed by atoms with Gasteiger partial charge in [-0.2, -0.15) is 10.4 Å². The Kier molecular flexibility index (Phi) is 4.55. The molecular weight excluding hydrogens is 304 g/mol. The summed E-state index contributed by atoms with van der Waals surface area (Å²) in [5.74, 6) is 0.486. The van der Waals surface area contributed by atoms with Gasteiger partial charge in [0.2, 0.25) is 0 Å². The average molecular weight is 324 g/mol. The number of benzene rings is 1. The Balaban J connectivity index is 2.10. The topological polar surface area (TPSA) is 108 Å². The van der Waals surface area contributed by atoms with Crippen molar-refractivity contribution in [3.8, 4) is 6.07 Å². The second kappa shape index (κ2) is 6.78. The number of nitriles is 1. The van der Waals surface area contributed by atoms with E-state index in [0.29, 0.717) is 31.0 Å². The summed E-state index contributed by atoms with van der Waals surface area (Å²) in [6.45, 7) is 1.77. The van der Waals surface area contributed by atoms with Crippen molar-refractivity contribution in [2.45, 2.75) is 12.6 Å². The maximum absolute atomic E-state index is 9.20. The van der Waals surface area contributed by atoms with E-state index in [0.717, 1.165) is 16.9 Å². The molecule has 24 heavy (non-hydrogen) atoms. The van der Waals surface area contributed by atoms with Crippen LogP contribution in [-0.4, -0.2) is 37.0 Å². The molecule has 0 aliphatic carbocycles. The molecule has 8 heteroatoms. The van der Waals surface area contributed by atoms with E-state index in [1.807, 2.05) is 31.1 Å². The first-order valence-corrected chi connectivity index (χ1v) is 7.76. The van der Waals surface area contributed by atoms with E-state index >= 15 is 0 Å². The highest BCUT2D eigenvalue weighted by atomic mass is 15.4. The third-order valence-corrected chi connectivity index (χ3v) is 3.98. The van der Waals surface area contributed by atoms with Gasteiger partial charge in [0.25, 0.3) is 0 Å². The molecule has 0 saturated heterocycles. The normalized spacial score (nSPS) is 15.8. The third-order valence-electron chi connectivity index (χ3n) is 3.98. The van der Waals surface area contributed by atoms with E-state index in [4.69, 9.17) is 5.73 Å². The van der Waals surface area contributed by atoms with E-state index in [1.54, 1.807) is 4.68 Å². The molecule has 0 radical (unpaired) electrons. The Morgan fingerprint density at radius 3 is 2.96 bits per heavy atom. The molecule has 1 aliphatic heterocycles. The summed E-state index contributed by atoms with van der Waals surface area (Å²) in [4.78, 5) is 2.04. The lowest BCUT2D eigenvalue weighted by atomic mass is 10.0. The maximum Gasteiger partial charge on any atom is 0.191 e. The van der Waals surface area contributed by atoms with Crippen LogP contribution in [0.4, 0.5) is 17.2 Å². The fourth-order valence-corrected chi connectivity index (χ4v) is 2.69. The molecule has 0 bridgehead atoms. The number of anilines is 1. The van der Waals surface area contributed by atoms with Crippen LogP contribution < -0.4 is 16.0 Å². The molecule has 2 heterocycles. The van der Waals surface area contributed by atoms with Gasteiger partial charge in [0.1, 0.15) is 11.6 Å². The molecule has 3 N–H and O–H groups in total. The van der Waals surface area contributed by atoms with E-state index in [-0.39, 0.29) is 6.04 Å². The third kappa shape index (κ3) is 2.99. The molecule has 0 saturated carbocycles. The number of rotatable bonds is 4. The van der Waals surface area contributed by atoms with Gasteiger partial charge in [0.05, 0.1) is 24.5 Å². The van der Waals surface area contributed by atoms with Crippen molar-refractivity contribution in [3.63, 3.8) is 0 Å². The number of aromatic nitrogens is 2. The summed E-state index contributed by atoms with van der Waals surface area (Å²) < 4.78 is 1.71. The highest BCUT2D eigenvalue weighted by molar-refractivity contribution is 5.59. The van der Waals surface area contributed by atoms with Crippen molar-refractivity contribution >= 4 is 17.2 Å². The Morgan fingerprint density at radius 1 is 1.42 bits per heavy atom. The van der Waals surface area contributed by atoms with E-state index in [9.17, 15) is 5.26 Å². The zero-order valence-corrected chi connectivity index (χ0v) is 13.8. The lowest BCUT2D eigenvalue weighted by Crippen LogP contribution is -2.31. The van der Waals surface area contributed by atoms with Crippen molar-refractivity contribution < 1.29 is 0 Å². The second-order valence-corrected chi connectivity index (χ2v) is 5.81. The predicted molar refractivity (Wildman–Crippen MR) is 91.7 cm³/mol. The van der Waals surface area contributed by atoms with Gasteiger partial charge in [0.15, 0.2) is 5.82 Å². The van der Waals surface area contributed by atoms with E-state index in [2.05, 4.69) is 32.8 Å². The lowest BCUT2D eigenvalue weighted by Gasteiger charge is -2.24. The van der Waals surface area contributed by atoms with Gasteiger partial charge >= 0.3 is 0 Å². The molecule has 1 aromatic carbocycles. The van der Waals surface area contributed by atoms with Crippen LogP contribution in [-0.2, 0) is 6.54 Å². The smallest absolute Gasteiger partial charge is 0.191 e. The van der Waals surface area contributed by atoms with Crippen LogP contribution in [0.5, 0.6) is 0 Å². The summed E-state index contributed by atoms with van der Waals surface area (Å²) in [5.41, 5.74) is 8.99. The van der Waals surface area contributed by atoms with Crippen LogP contribution in [0.1, 0.15) is 17.2 Å². The first kappa shape index (κ1) is 16.1. The molecule has 0 fully saturated rings. The molecule has 0 spiro atoms. The largest absolute Gasteiger partial charge is 0.378 e. The van der Waals surface area contributed by atoms with Crippen LogP contribution >= 0.6 is 0 Å². The van der Waals surface area contributed by atoms with Gasteiger partial charge in [-0.25, -0.2) is 4.68 Å². The van der Waals surface area contributed by atoms with Crippen LogP contribution in [0.3, 0.4) is 0 Å². The average Bonchev–Trinajstić information content (AvgIpc) is 2.95. The van der Waals surface area contributed by atoms with Crippen LogP contribution in [0, 0.1) is 11.3 Å². The summed E-state index contributed by atoms with van der Waals surface area (Å²) in [5, 5.41) is 25.5. The lowest BCUT2D eigenvalue weighted by molar-refractivity contribution is 0.442. The minimum absolute atomic E-state index is 0.0205. The molecule has 0 amide bonds. The Morgan fingerprint density at radius 2 is 2.25 bits per heavy atom. The van der Waals surface area contributed by atoms with Crippen LogP contribution in [0.15, 0.2) is 34.6 Å². The molecule has 3 rings (SSSR count). The summed E-state index contributed by atoms with van der Waals surface area (Å²) >= 11 is 0. The first-order chi connectivity index (χ1) is 11.6. The standard InChI is InChI=1S/C16H20N8/c1-23(2)12-3-4-14-13(7-12)15(19-6-5-17)10-24-16(22-21-14)11(8-18)9-20-24/h3-4,7,9,15,19H,5-6,10,17H2,1-2H3. The van der Waals surface area contributed by atoms with Gasteiger partial charge in [-0.05, 0) is 18.2 Å². The van der Waals surface area contributed by atoms with Gasteiger partial charge in [0, 0.05) is 38.4 Å². The number of azo groups is 1. The highest BCUT2D eigenvalue weighted by Crippen LogP contribution is 2.35. The van der Waals surface area contributed by atoms with Crippen LogP contribution in [0.25, 0.3) is 0 Å².